The number of hydrogen-bond donors (Lipinski definition) is 4. The minimum Gasteiger partial charge on any atom is -0.392 e. The summed E-state index contributed by atoms with van der Waals surface area (Å²) in [5.41, 5.74) is 3.40. The predicted molar refractivity (Wildman–Crippen MR) is 118 cm³/mol. The molecule has 0 unspecified atom stereocenters. The van der Waals surface area contributed by atoms with Gasteiger partial charge in [0.25, 0.3) is 0 Å². The van der Waals surface area contributed by atoms with E-state index in [0.29, 0.717) is 0 Å². The third-order valence-corrected chi connectivity index (χ3v) is 9.24. The van der Waals surface area contributed by atoms with Gasteiger partial charge in [0.2, 0.25) is 0 Å². The van der Waals surface area contributed by atoms with E-state index in [0.717, 1.165) is 51.5 Å². The third kappa shape index (κ3) is 3.51. The molecule has 0 aromatic carbocycles. The molecule has 0 atom stereocenters. The number of aliphatic hydroxyl groups is 4. The van der Waals surface area contributed by atoms with E-state index < -0.39 is 0 Å². The van der Waals surface area contributed by atoms with Crippen LogP contribution in [0.2, 0.25) is 0 Å². The van der Waals surface area contributed by atoms with Crippen LogP contribution in [0.1, 0.15) is 22.3 Å². The van der Waals surface area contributed by atoms with Crippen LogP contribution in [0, 0.1) is 0 Å². The van der Waals surface area contributed by atoms with Gasteiger partial charge in [-0.2, -0.15) is 0 Å². The largest absolute Gasteiger partial charge is 0.392 e. The summed E-state index contributed by atoms with van der Waals surface area (Å²) in [6.07, 6.45) is 0. The van der Waals surface area contributed by atoms with E-state index in [1.54, 1.807) is 45.3 Å². The van der Waals surface area contributed by atoms with Crippen LogP contribution in [0.15, 0.2) is 35.0 Å². The SMILES string of the molecule is OCc1ccsc1-c1sc(-c2cc(CO)c(-c3sccc3CO)s2)cc1CO. The van der Waals surface area contributed by atoms with Gasteiger partial charge in [-0.3, -0.25) is 0 Å². The normalized spacial score (nSPS) is 11.4. The Labute approximate surface area is 178 Å². The molecule has 0 aliphatic heterocycles. The highest BCUT2D eigenvalue weighted by atomic mass is 32.1. The number of rotatable bonds is 7. The van der Waals surface area contributed by atoms with Crippen LogP contribution in [-0.4, -0.2) is 20.4 Å². The van der Waals surface area contributed by atoms with E-state index in [2.05, 4.69) is 0 Å². The Kier molecular flexibility index (Phi) is 6.10. The predicted octanol–water partition coefficient (Wildman–Crippen LogP) is 4.90. The van der Waals surface area contributed by atoms with Crippen molar-refractivity contribution in [2.45, 2.75) is 26.4 Å². The van der Waals surface area contributed by atoms with Crippen LogP contribution in [0.25, 0.3) is 29.3 Å². The maximum atomic E-state index is 9.85. The minimum atomic E-state index is -0.0702. The van der Waals surface area contributed by atoms with Crippen LogP contribution in [0.3, 0.4) is 0 Å². The van der Waals surface area contributed by atoms with Gasteiger partial charge in [0.15, 0.2) is 0 Å². The number of thiophene rings is 4. The first kappa shape index (κ1) is 19.9. The molecule has 4 aromatic rings. The Hall–Kier alpha value is -1.36. The van der Waals surface area contributed by atoms with E-state index in [1.165, 1.54) is 0 Å². The maximum Gasteiger partial charge on any atom is 0.0696 e. The average Bonchev–Trinajstić information content (AvgIpc) is 3.50. The lowest BCUT2D eigenvalue weighted by Gasteiger charge is -2.00. The molecular weight excluding hydrogens is 432 g/mol. The van der Waals surface area contributed by atoms with E-state index in [9.17, 15) is 20.4 Å². The second-order valence-electron chi connectivity index (χ2n) is 6.11. The van der Waals surface area contributed by atoms with Crippen molar-refractivity contribution in [1.29, 1.82) is 0 Å². The van der Waals surface area contributed by atoms with Gasteiger partial charge in [-0.1, -0.05) is 0 Å². The monoisotopic (exact) mass is 450 g/mol. The molecule has 0 saturated heterocycles. The molecule has 28 heavy (non-hydrogen) atoms. The quantitative estimate of drug-likeness (QED) is 0.323. The first-order valence-electron chi connectivity index (χ1n) is 8.52. The van der Waals surface area contributed by atoms with Crippen molar-refractivity contribution < 1.29 is 20.4 Å². The molecule has 0 aliphatic carbocycles. The summed E-state index contributed by atoms with van der Waals surface area (Å²) in [6.45, 7) is -0.202. The average molecular weight is 451 g/mol. The van der Waals surface area contributed by atoms with E-state index in [4.69, 9.17) is 0 Å². The van der Waals surface area contributed by atoms with Crippen molar-refractivity contribution in [3.63, 3.8) is 0 Å². The molecule has 4 rings (SSSR count). The Morgan fingerprint density at radius 1 is 0.536 bits per heavy atom. The molecule has 4 aromatic heterocycles. The van der Waals surface area contributed by atoms with E-state index >= 15 is 0 Å². The second-order valence-corrected chi connectivity index (χ2v) is 10.0. The highest BCUT2D eigenvalue weighted by molar-refractivity contribution is 7.28. The Bertz CT molecular complexity index is 999. The first-order chi connectivity index (χ1) is 13.7. The summed E-state index contributed by atoms with van der Waals surface area (Å²) in [5.74, 6) is 0. The zero-order valence-electron chi connectivity index (χ0n) is 14.7. The Morgan fingerprint density at radius 2 is 0.929 bits per heavy atom. The lowest BCUT2D eigenvalue weighted by molar-refractivity contribution is 0.281. The maximum absolute atomic E-state index is 9.85. The fraction of sp³-hybridized carbons (Fsp3) is 0.200. The standard InChI is InChI=1S/C20H18O4S4/c21-7-11-1-3-25-17(11)19-13(9-23)5-15(27-19)16-6-14(10-24)20(28-16)18-12(8-22)2-4-26-18/h1-6,21-24H,7-10H2. The highest BCUT2D eigenvalue weighted by Gasteiger charge is 2.20. The molecule has 0 radical (unpaired) electrons. The van der Waals surface area contributed by atoms with Crippen molar-refractivity contribution >= 4 is 45.3 Å². The van der Waals surface area contributed by atoms with Crippen molar-refractivity contribution in [2.24, 2.45) is 0 Å². The van der Waals surface area contributed by atoms with E-state index in [1.807, 2.05) is 35.0 Å². The molecule has 0 fully saturated rings. The molecule has 4 heterocycles. The lowest BCUT2D eigenvalue weighted by atomic mass is 10.1. The molecule has 0 saturated carbocycles. The van der Waals surface area contributed by atoms with Crippen LogP contribution in [0.4, 0.5) is 0 Å². The first-order valence-corrected chi connectivity index (χ1v) is 11.9. The molecule has 4 nitrogen and oxygen atoms in total. The van der Waals surface area contributed by atoms with Gasteiger partial charge >= 0.3 is 0 Å². The van der Waals surface area contributed by atoms with Crippen LogP contribution in [-0.2, 0) is 26.4 Å². The molecule has 4 N–H and O–H groups in total. The van der Waals surface area contributed by atoms with Gasteiger partial charge in [-0.15, -0.1) is 45.3 Å². The zero-order valence-corrected chi connectivity index (χ0v) is 18.0. The summed E-state index contributed by atoms with van der Waals surface area (Å²) in [4.78, 5) is 5.97. The zero-order chi connectivity index (χ0) is 19.7. The third-order valence-electron chi connectivity index (χ3n) is 4.45. The molecular formula is C20H18O4S4. The van der Waals surface area contributed by atoms with Crippen LogP contribution < -0.4 is 0 Å². The van der Waals surface area contributed by atoms with Crippen molar-refractivity contribution in [3.05, 3.63) is 57.3 Å². The van der Waals surface area contributed by atoms with Crippen LogP contribution >= 0.6 is 45.3 Å². The molecule has 0 spiro atoms. The topological polar surface area (TPSA) is 80.9 Å². The Balaban J connectivity index is 1.80. The molecule has 146 valence electrons. The summed E-state index contributed by atoms with van der Waals surface area (Å²) in [5, 5.41) is 42.8. The van der Waals surface area contributed by atoms with Gasteiger partial charge in [-0.05, 0) is 57.3 Å². The molecule has 0 aliphatic rings. The fourth-order valence-corrected chi connectivity index (χ4v) is 7.73. The van der Waals surface area contributed by atoms with Gasteiger partial charge < -0.3 is 20.4 Å². The summed E-state index contributed by atoms with van der Waals surface area (Å²) in [7, 11) is 0. The van der Waals surface area contributed by atoms with Gasteiger partial charge in [0, 0.05) is 9.75 Å². The molecule has 0 bridgehead atoms. The van der Waals surface area contributed by atoms with E-state index in [-0.39, 0.29) is 26.4 Å². The van der Waals surface area contributed by atoms with Crippen molar-refractivity contribution in [1.82, 2.24) is 0 Å². The second kappa shape index (κ2) is 8.56. The van der Waals surface area contributed by atoms with Crippen molar-refractivity contribution in [3.8, 4) is 29.3 Å². The van der Waals surface area contributed by atoms with Gasteiger partial charge in [0.05, 0.1) is 45.9 Å². The summed E-state index contributed by atoms with van der Waals surface area (Å²) >= 11 is 6.29. The smallest absolute Gasteiger partial charge is 0.0696 e. The molecule has 8 heteroatoms. The number of aliphatic hydroxyl groups excluding tert-OH is 4. The minimum absolute atomic E-state index is 0.0307. The van der Waals surface area contributed by atoms with Gasteiger partial charge in [0.1, 0.15) is 0 Å². The summed E-state index contributed by atoms with van der Waals surface area (Å²) in [6, 6.07) is 7.78. The number of hydrogen-bond acceptors (Lipinski definition) is 8. The fourth-order valence-electron chi connectivity index (χ4n) is 3.04. The van der Waals surface area contributed by atoms with Gasteiger partial charge in [-0.25, -0.2) is 0 Å². The van der Waals surface area contributed by atoms with Crippen LogP contribution in [0.5, 0.6) is 0 Å². The lowest BCUT2D eigenvalue weighted by Crippen LogP contribution is -1.85. The molecule has 0 amide bonds. The summed E-state index contributed by atoms with van der Waals surface area (Å²) < 4.78 is 0. The Morgan fingerprint density at radius 3 is 1.29 bits per heavy atom. The highest BCUT2D eigenvalue weighted by Crippen LogP contribution is 2.47. The van der Waals surface area contributed by atoms with Crippen molar-refractivity contribution in [2.75, 3.05) is 0 Å².